The second-order valence-corrected chi connectivity index (χ2v) is 7.24. The molecule has 0 bridgehead atoms. The highest BCUT2D eigenvalue weighted by Crippen LogP contribution is 2.36. The largest absolute Gasteiger partial charge is 0.493 e. The fraction of sp³-hybridized carbons (Fsp3) is 0.261. The number of fused-ring (bicyclic) bond motifs is 1. The molecule has 2 N–H and O–H groups in total. The Balaban J connectivity index is 1.64. The third-order valence-corrected chi connectivity index (χ3v) is 5.22. The molecule has 3 aromatic rings. The van der Waals surface area contributed by atoms with Crippen molar-refractivity contribution in [3.63, 3.8) is 0 Å². The first-order valence-corrected chi connectivity index (χ1v) is 9.99. The monoisotopic (exact) mass is 420 g/mol. The van der Waals surface area contributed by atoms with E-state index in [4.69, 9.17) is 9.47 Å². The van der Waals surface area contributed by atoms with Crippen molar-refractivity contribution in [2.24, 2.45) is 0 Å². The summed E-state index contributed by atoms with van der Waals surface area (Å²) in [5.74, 6) is 1.65. The van der Waals surface area contributed by atoms with Gasteiger partial charge in [0.25, 0.3) is 0 Å². The zero-order valence-electron chi connectivity index (χ0n) is 17.2. The number of nitrogens with zero attached hydrogens (tertiary/aromatic N) is 3. The summed E-state index contributed by atoms with van der Waals surface area (Å²) in [6.45, 7) is 4.63. The number of rotatable bonds is 7. The van der Waals surface area contributed by atoms with Crippen LogP contribution in [0.4, 0.5) is 11.5 Å². The fourth-order valence-electron chi connectivity index (χ4n) is 3.63. The number of benzene rings is 2. The Morgan fingerprint density at radius 3 is 2.97 bits per heavy atom. The molecule has 31 heavy (non-hydrogen) atoms. The number of hydrogen-bond acceptors (Lipinski definition) is 7. The second kappa shape index (κ2) is 9.01. The highest BCUT2D eigenvalue weighted by molar-refractivity contribution is 5.93. The van der Waals surface area contributed by atoms with Gasteiger partial charge < -0.3 is 24.8 Å². The topological polar surface area (TPSA) is 96.8 Å². The Hall–Kier alpha value is -3.65. The molecule has 0 saturated carbocycles. The quantitative estimate of drug-likeness (QED) is 0.567. The Kier molecular flexibility index (Phi) is 5.99. The van der Waals surface area contributed by atoms with E-state index in [1.54, 1.807) is 12.0 Å². The molecular formula is C23H24N4O4. The van der Waals surface area contributed by atoms with E-state index in [0.29, 0.717) is 35.9 Å². The van der Waals surface area contributed by atoms with Crippen molar-refractivity contribution < 1.29 is 19.4 Å². The van der Waals surface area contributed by atoms with Crippen LogP contribution in [0.15, 0.2) is 55.4 Å². The Bertz CT molecular complexity index is 1120. The maximum atomic E-state index is 11.9. The van der Waals surface area contributed by atoms with Gasteiger partial charge in [-0.3, -0.25) is 4.79 Å². The lowest BCUT2D eigenvalue weighted by Crippen LogP contribution is -2.29. The molecule has 1 unspecified atom stereocenters. The van der Waals surface area contributed by atoms with Crippen molar-refractivity contribution in [1.82, 2.24) is 14.9 Å². The number of carbonyl (C=O) groups is 1. The van der Waals surface area contributed by atoms with Gasteiger partial charge in [-0.15, -0.1) is 0 Å². The Morgan fingerprint density at radius 1 is 1.32 bits per heavy atom. The maximum absolute atomic E-state index is 11.9. The SMILES string of the molecule is C=CC(=O)N1CCC(Oc2cc3c(Nc4cccc(CO)c4)ncnc3cc2OC)C1. The average Bonchev–Trinajstić information content (AvgIpc) is 3.27. The van der Waals surface area contributed by atoms with Crippen LogP contribution in [0.2, 0.25) is 0 Å². The summed E-state index contributed by atoms with van der Waals surface area (Å²) in [7, 11) is 1.58. The lowest BCUT2D eigenvalue weighted by atomic mass is 10.2. The predicted octanol–water partition coefficient (Wildman–Crippen LogP) is 3.04. The van der Waals surface area contributed by atoms with Gasteiger partial charge in [0, 0.05) is 30.1 Å². The first-order chi connectivity index (χ1) is 15.1. The zero-order chi connectivity index (χ0) is 21.8. The molecule has 1 aliphatic rings. The van der Waals surface area contributed by atoms with E-state index in [-0.39, 0.29) is 18.6 Å². The number of hydrogen-bond donors (Lipinski definition) is 2. The smallest absolute Gasteiger partial charge is 0.246 e. The van der Waals surface area contributed by atoms with Crippen LogP contribution in [0.5, 0.6) is 11.5 Å². The van der Waals surface area contributed by atoms with Gasteiger partial charge in [-0.2, -0.15) is 0 Å². The van der Waals surface area contributed by atoms with Crippen LogP contribution in [0.1, 0.15) is 12.0 Å². The number of aliphatic hydroxyl groups is 1. The highest BCUT2D eigenvalue weighted by Gasteiger charge is 2.27. The fourth-order valence-corrected chi connectivity index (χ4v) is 3.63. The van der Waals surface area contributed by atoms with Crippen molar-refractivity contribution in [3.05, 3.63) is 60.9 Å². The summed E-state index contributed by atoms with van der Waals surface area (Å²) in [4.78, 5) is 22.3. The molecule has 1 amide bonds. The first-order valence-electron chi connectivity index (χ1n) is 9.99. The number of aliphatic hydroxyl groups excluding tert-OH is 1. The average molecular weight is 420 g/mol. The number of ether oxygens (including phenoxy) is 2. The van der Waals surface area contributed by atoms with Gasteiger partial charge >= 0.3 is 0 Å². The lowest BCUT2D eigenvalue weighted by molar-refractivity contribution is -0.125. The normalized spacial score (nSPS) is 15.7. The maximum Gasteiger partial charge on any atom is 0.246 e. The lowest BCUT2D eigenvalue weighted by Gasteiger charge is -2.18. The molecule has 1 fully saturated rings. The van der Waals surface area contributed by atoms with E-state index < -0.39 is 0 Å². The molecule has 0 radical (unpaired) electrons. The summed E-state index contributed by atoms with van der Waals surface area (Å²) in [6, 6.07) is 11.1. The van der Waals surface area contributed by atoms with Gasteiger partial charge in [-0.1, -0.05) is 18.7 Å². The summed E-state index contributed by atoms with van der Waals surface area (Å²) in [5, 5.41) is 13.4. The van der Waals surface area contributed by atoms with Crippen LogP contribution in [0, 0.1) is 0 Å². The molecule has 8 heteroatoms. The summed E-state index contributed by atoms with van der Waals surface area (Å²) in [5.41, 5.74) is 2.31. The van der Waals surface area contributed by atoms with Crippen molar-refractivity contribution in [2.75, 3.05) is 25.5 Å². The number of aromatic nitrogens is 2. The molecule has 1 aromatic heterocycles. The van der Waals surface area contributed by atoms with Gasteiger partial charge in [-0.05, 0) is 29.8 Å². The Morgan fingerprint density at radius 2 is 2.19 bits per heavy atom. The number of amides is 1. The van der Waals surface area contributed by atoms with Crippen LogP contribution in [-0.4, -0.2) is 52.2 Å². The number of methoxy groups -OCH3 is 1. The Labute approximate surface area is 180 Å². The molecule has 4 rings (SSSR count). The summed E-state index contributed by atoms with van der Waals surface area (Å²) < 4.78 is 11.7. The van der Waals surface area contributed by atoms with Crippen molar-refractivity contribution in [3.8, 4) is 11.5 Å². The summed E-state index contributed by atoms with van der Waals surface area (Å²) >= 11 is 0. The number of anilines is 2. The molecular weight excluding hydrogens is 396 g/mol. The van der Waals surface area contributed by atoms with Crippen LogP contribution in [0.3, 0.4) is 0 Å². The number of nitrogens with one attached hydrogen (secondary N) is 1. The second-order valence-electron chi connectivity index (χ2n) is 7.24. The van der Waals surface area contributed by atoms with Gasteiger partial charge in [0.15, 0.2) is 11.5 Å². The third kappa shape index (κ3) is 4.44. The molecule has 0 aliphatic carbocycles. The van der Waals surface area contributed by atoms with Crippen molar-refractivity contribution in [1.29, 1.82) is 0 Å². The van der Waals surface area contributed by atoms with Gasteiger partial charge in [0.05, 0.1) is 25.8 Å². The van der Waals surface area contributed by atoms with E-state index in [9.17, 15) is 9.90 Å². The summed E-state index contributed by atoms with van der Waals surface area (Å²) in [6.07, 6.45) is 3.39. The van der Waals surface area contributed by atoms with E-state index >= 15 is 0 Å². The van der Waals surface area contributed by atoms with E-state index in [0.717, 1.165) is 23.1 Å². The molecule has 8 nitrogen and oxygen atoms in total. The van der Waals surface area contributed by atoms with Crippen LogP contribution >= 0.6 is 0 Å². The molecule has 1 aliphatic heterocycles. The van der Waals surface area contributed by atoms with Crippen molar-refractivity contribution in [2.45, 2.75) is 19.1 Å². The molecule has 2 heterocycles. The predicted molar refractivity (Wildman–Crippen MR) is 118 cm³/mol. The van der Waals surface area contributed by atoms with Gasteiger partial charge in [0.2, 0.25) is 5.91 Å². The molecule has 1 atom stereocenters. The zero-order valence-corrected chi connectivity index (χ0v) is 17.2. The molecule has 0 spiro atoms. The standard InChI is InChI=1S/C23H24N4O4/c1-3-22(29)27-8-7-17(12-27)31-21-10-18-19(11-20(21)30-2)24-14-25-23(18)26-16-6-4-5-15(9-16)13-28/h3-6,9-11,14,17,28H,1,7-8,12-13H2,2H3,(H,24,25,26). The van der Waals surface area contributed by atoms with Gasteiger partial charge in [-0.25, -0.2) is 9.97 Å². The van der Waals surface area contributed by atoms with Gasteiger partial charge in [0.1, 0.15) is 18.2 Å². The van der Waals surface area contributed by atoms with Crippen LogP contribution in [0.25, 0.3) is 10.9 Å². The number of carbonyl (C=O) groups excluding carboxylic acids is 1. The minimum absolute atomic E-state index is 0.0397. The van der Waals surface area contributed by atoms with Crippen molar-refractivity contribution >= 4 is 28.3 Å². The first kappa shape index (κ1) is 20.6. The number of likely N-dealkylation sites (tertiary alicyclic amines) is 1. The third-order valence-electron chi connectivity index (χ3n) is 5.22. The molecule has 2 aromatic carbocycles. The molecule has 160 valence electrons. The van der Waals surface area contributed by atoms with Crippen LogP contribution in [-0.2, 0) is 11.4 Å². The van der Waals surface area contributed by atoms with Crippen LogP contribution < -0.4 is 14.8 Å². The van der Waals surface area contributed by atoms with E-state index in [1.165, 1.54) is 12.4 Å². The molecule has 1 saturated heterocycles. The highest BCUT2D eigenvalue weighted by atomic mass is 16.5. The minimum atomic E-state index is -0.141. The van der Waals surface area contributed by atoms with E-state index in [2.05, 4.69) is 21.9 Å². The van der Waals surface area contributed by atoms with E-state index in [1.807, 2.05) is 36.4 Å². The minimum Gasteiger partial charge on any atom is -0.493 e.